The number of rotatable bonds is 2. The number of benzene rings is 1. The Bertz CT molecular complexity index is 381. The lowest BCUT2D eigenvalue weighted by atomic mass is 10.2. The van der Waals surface area contributed by atoms with Gasteiger partial charge in [-0.1, -0.05) is 12.2 Å². The van der Waals surface area contributed by atoms with E-state index in [1.807, 2.05) is 0 Å². The zero-order chi connectivity index (χ0) is 10.0. The molecule has 0 radical (unpaired) electrons. The lowest BCUT2D eigenvalue weighted by Gasteiger charge is -1.98. The van der Waals surface area contributed by atoms with E-state index in [0.717, 1.165) is 12.1 Å². The zero-order valence-corrected chi connectivity index (χ0v) is 7.18. The Kier molecular flexibility index (Phi) is 2.52. The summed E-state index contributed by atoms with van der Waals surface area (Å²) in [5, 5.41) is 10.2. The standard InChI is InChI=1S/C7H5FN2O2S/c8-6-3-4(10(11)12)1-2-5(6)7(9)13/h1-3H,(H2,9,13). The Morgan fingerprint density at radius 1 is 1.62 bits per heavy atom. The topological polar surface area (TPSA) is 69.2 Å². The normalized spacial score (nSPS) is 9.62. The zero-order valence-electron chi connectivity index (χ0n) is 6.36. The molecule has 0 aliphatic rings. The number of non-ortho nitro benzene ring substituents is 1. The van der Waals surface area contributed by atoms with Gasteiger partial charge >= 0.3 is 0 Å². The monoisotopic (exact) mass is 200 g/mol. The molecule has 2 N–H and O–H groups in total. The van der Waals surface area contributed by atoms with Crippen molar-refractivity contribution >= 4 is 22.9 Å². The van der Waals surface area contributed by atoms with E-state index in [9.17, 15) is 14.5 Å². The molecule has 0 bridgehead atoms. The van der Waals surface area contributed by atoms with Gasteiger partial charge < -0.3 is 5.73 Å². The van der Waals surface area contributed by atoms with E-state index in [4.69, 9.17) is 5.73 Å². The van der Waals surface area contributed by atoms with Crippen LogP contribution in [0.5, 0.6) is 0 Å². The van der Waals surface area contributed by atoms with E-state index in [1.165, 1.54) is 6.07 Å². The summed E-state index contributed by atoms with van der Waals surface area (Å²) >= 11 is 4.53. The minimum absolute atomic E-state index is 0.0144. The summed E-state index contributed by atoms with van der Waals surface area (Å²) < 4.78 is 13.0. The van der Waals surface area contributed by atoms with E-state index in [0.29, 0.717) is 0 Å². The largest absolute Gasteiger partial charge is 0.389 e. The van der Waals surface area contributed by atoms with Crippen molar-refractivity contribution < 1.29 is 9.31 Å². The van der Waals surface area contributed by atoms with E-state index >= 15 is 0 Å². The molecule has 0 atom stereocenters. The number of nitro groups is 1. The first-order valence-electron chi connectivity index (χ1n) is 3.26. The predicted octanol–water partition coefficient (Wildman–Crippen LogP) is 1.37. The van der Waals surface area contributed by atoms with Crippen molar-refractivity contribution in [1.82, 2.24) is 0 Å². The van der Waals surface area contributed by atoms with Gasteiger partial charge in [0.2, 0.25) is 0 Å². The molecule has 0 spiro atoms. The van der Waals surface area contributed by atoms with Crippen LogP contribution in [0.15, 0.2) is 18.2 Å². The highest BCUT2D eigenvalue weighted by molar-refractivity contribution is 7.80. The second-order valence-electron chi connectivity index (χ2n) is 2.29. The molecule has 1 rings (SSSR count). The van der Waals surface area contributed by atoms with Crippen molar-refractivity contribution in [2.24, 2.45) is 5.73 Å². The minimum Gasteiger partial charge on any atom is -0.389 e. The van der Waals surface area contributed by atoms with Crippen molar-refractivity contribution in [2.45, 2.75) is 0 Å². The van der Waals surface area contributed by atoms with Crippen LogP contribution in [-0.4, -0.2) is 9.91 Å². The number of nitrogens with zero attached hydrogens (tertiary/aromatic N) is 1. The summed E-state index contributed by atoms with van der Waals surface area (Å²) in [5.74, 6) is -0.776. The lowest BCUT2D eigenvalue weighted by molar-refractivity contribution is -0.385. The second kappa shape index (κ2) is 3.44. The van der Waals surface area contributed by atoms with Crippen LogP contribution in [0.1, 0.15) is 5.56 Å². The SMILES string of the molecule is NC(=S)c1ccc([N+](=O)[O-])cc1F. The first kappa shape index (κ1) is 9.53. The fraction of sp³-hybridized carbons (Fsp3) is 0. The summed E-state index contributed by atoms with van der Waals surface area (Å²) in [7, 11) is 0. The van der Waals surface area contributed by atoms with Gasteiger partial charge in [0.05, 0.1) is 11.0 Å². The molecular weight excluding hydrogens is 195 g/mol. The summed E-state index contributed by atoms with van der Waals surface area (Å²) in [6, 6.07) is 3.13. The Balaban J connectivity index is 3.20. The molecule has 0 amide bonds. The van der Waals surface area contributed by atoms with E-state index in [-0.39, 0.29) is 16.2 Å². The fourth-order valence-corrected chi connectivity index (χ4v) is 0.983. The molecule has 4 nitrogen and oxygen atoms in total. The fourth-order valence-electron chi connectivity index (χ4n) is 0.817. The van der Waals surface area contributed by atoms with E-state index in [2.05, 4.69) is 12.2 Å². The predicted molar refractivity (Wildman–Crippen MR) is 48.9 cm³/mol. The van der Waals surface area contributed by atoms with Crippen molar-refractivity contribution in [3.05, 3.63) is 39.7 Å². The van der Waals surface area contributed by atoms with Crippen molar-refractivity contribution in [3.63, 3.8) is 0 Å². The van der Waals surface area contributed by atoms with Gasteiger partial charge in [-0.05, 0) is 6.07 Å². The maximum absolute atomic E-state index is 13.0. The van der Waals surface area contributed by atoms with Crippen LogP contribution in [0.3, 0.4) is 0 Å². The molecular formula is C7H5FN2O2S. The van der Waals surface area contributed by atoms with Crippen LogP contribution in [0.2, 0.25) is 0 Å². The number of halogens is 1. The van der Waals surface area contributed by atoms with E-state index < -0.39 is 10.7 Å². The smallest absolute Gasteiger partial charge is 0.272 e. The number of hydrogen-bond donors (Lipinski definition) is 1. The average Bonchev–Trinajstić information content (AvgIpc) is 2.03. The first-order valence-corrected chi connectivity index (χ1v) is 3.67. The Labute approximate surface area is 78.3 Å². The van der Waals surface area contributed by atoms with Gasteiger partial charge in [0, 0.05) is 11.6 Å². The van der Waals surface area contributed by atoms with Gasteiger partial charge in [-0.3, -0.25) is 10.1 Å². The quantitative estimate of drug-likeness (QED) is 0.444. The molecule has 0 saturated carbocycles. The van der Waals surface area contributed by atoms with Crippen LogP contribution in [-0.2, 0) is 0 Å². The third-order valence-electron chi connectivity index (χ3n) is 1.43. The van der Waals surface area contributed by atoms with Crippen LogP contribution in [0, 0.1) is 15.9 Å². The van der Waals surface area contributed by atoms with Gasteiger partial charge in [-0.2, -0.15) is 0 Å². The summed E-state index contributed by atoms with van der Waals surface area (Å²) in [6.07, 6.45) is 0. The van der Waals surface area contributed by atoms with Crippen molar-refractivity contribution in [3.8, 4) is 0 Å². The molecule has 6 heteroatoms. The maximum Gasteiger partial charge on any atom is 0.272 e. The van der Waals surface area contributed by atoms with Crippen LogP contribution in [0.25, 0.3) is 0 Å². The van der Waals surface area contributed by atoms with Gasteiger partial charge in [0.15, 0.2) is 0 Å². The molecule has 0 fully saturated rings. The number of hydrogen-bond acceptors (Lipinski definition) is 3. The lowest BCUT2D eigenvalue weighted by Crippen LogP contribution is -2.11. The molecule has 0 saturated heterocycles. The van der Waals surface area contributed by atoms with E-state index in [1.54, 1.807) is 0 Å². The average molecular weight is 200 g/mol. The van der Waals surface area contributed by atoms with Crippen molar-refractivity contribution in [2.75, 3.05) is 0 Å². The van der Waals surface area contributed by atoms with Crippen LogP contribution in [0.4, 0.5) is 10.1 Å². The first-order chi connectivity index (χ1) is 6.02. The molecule has 0 aliphatic heterocycles. The molecule has 1 aromatic rings. The van der Waals surface area contributed by atoms with Gasteiger partial charge in [0.25, 0.3) is 5.69 Å². The third-order valence-corrected chi connectivity index (χ3v) is 1.65. The maximum atomic E-state index is 13.0. The number of nitrogens with two attached hydrogens (primary N) is 1. The molecule has 0 aromatic heterocycles. The Morgan fingerprint density at radius 3 is 2.62 bits per heavy atom. The van der Waals surface area contributed by atoms with Gasteiger partial charge in [-0.25, -0.2) is 4.39 Å². The molecule has 0 aliphatic carbocycles. The highest BCUT2D eigenvalue weighted by Crippen LogP contribution is 2.16. The molecule has 1 aromatic carbocycles. The second-order valence-corrected chi connectivity index (χ2v) is 2.73. The molecule has 68 valence electrons. The van der Waals surface area contributed by atoms with Crippen LogP contribution >= 0.6 is 12.2 Å². The Hall–Kier alpha value is -1.56. The number of nitro benzene ring substituents is 1. The van der Waals surface area contributed by atoms with Gasteiger partial charge in [-0.15, -0.1) is 0 Å². The molecule has 0 unspecified atom stereocenters. The highest BCUT2D eigenvalue weighted by Gasteiger charge is 2.11. The summed E-state index contributed by atoms with van der Waals surface area (Å²) in [4.78, 5) is 9.40. The van der Waals surface area contributed by atoms with Crippen LogP contribution < -0.4 is 5.73 Å². The van der Waals surface area contributed by atoms with Gasteiger partial charge in [0.1, 0.15) is 10.8 Å². The third kappa shape index (κ3) is 1.97. The molecule has 13 heavy (non-hydrogen) atoms. The highest BCUT2D eigenvalue weighted by atomic mass is 32.1. The summed E-state index contributed by atoms with van der Waals surface area (Å²) in [6.45, 7) is 0. The van der Waals surface area contributed by atoms with Crippen molar-refractivity contribution in [1.29, 1.82) is 0 Å². The number of thiocarbonyl (C=S) groups is 1. The Morgan fingerprint density at radius 2 is 2.23 bits per heavy atom. The minimum atomic E-state index is -0.776. The summed E-state index contributed by atoms with van der Waals surface area (Å²) in [5.41, 5.74) is 4.86. The molecule has 0 heterocycles.